The molecule has 1 aromatic rings. The van der Waals surface area contributed by atoms with Gasteiger partial charge in [0.05, 0.1) is 6.04 Å². The number of pyridine rings is 1. The lowest BCUT2D eigenvalue weighted by molar-refractivity contribution is 0.648. The summed E-state index contributed by atoms with van der Waals surface area (Å²) in [4.78, 5) is 4.00. The zero-order valence-corrected chi connectivity index (χ0v) is 9.88. The molecule has 0 amide bonds. The van der Waals surface area contributed by atoms with Crippen LogP contribution < -0.4 is 11.3 Å². The van der Waals surface area contributed by atoms with Crippen molar-refractivity contribution in [3.05, 3.63) is 40.1 Å². The molecule has 0 aliphatic rings. The van der Waals surface area contributed by atoms with Crippen LogP contribution in [-0.4, -0.2) is 4.98 Å². The Labute approximate surface area is 92.5 Å². The summed E-state index contributed by atoms with van der Waals surface area (Å²) in [5.74, 6) is 5.49. The summed E-state index contributed by atoms with van der Waals surface area (Å²) in [6.45, 7) is 4.08. The maximum Gasteiger partial charge on any atom is 0.0655 e. The summed E-state index contributed by atoms with van der Waals surface area (Å²) < 4.78 is 0.959. The van der Waals surface area contributed by atoms with Crippen LogP contribution in [0.3, 0.4) is 0 Å². The molecule has 3 nitrogen and oxygen atoms in total. The van der Waals surface area contributed by atoms with Crippen LogP contribution in [0.1, 0.15) is 25.5 Å². The van der Waals surface area contributed by atoms with Crippen molar-refractivity contribution >= 4 is 15.9 Å². The van der Waals surface area contributed by atoms with Crippen molar-refractivity contribution in [1.82, 2.24) is 10.4 Å². The summed E-state index contributed by atoms with van der Waals surface area (Å²) >= 11 is 3.44. The fraction of sp³-hybridized carbons (Fsp3) is 0.300. The second-order valence-corrected chi connectivity index (χ2v) is 4.14. The summed E-state index contributed by atoms with van der Waals surface area (Å²) in [5, 5.41) is 0. The predicted molar refractivity (Wildman–Crippen MR) is 61.4 cm³/mol. The van der Waals surface area contributed by atoms with Gasteiger partial charge >= 0.3 is 0 Å². The van der Waals surface area contributed by atoms with Crippen molar-refractivity contribution in [2.45, 2.75) is 19.9 Å². The Morgan fingerprint density at radius 3 is 2.86 bits per heavy atom. The van der Waals surface area contributed by atoms with E-state index in [2.05, 4.69) is 32.4 Å². The number of hydrogen-bond acceptors (Lipinski definition) is 3. The van der Waals surface area contributed by atoms with Crippen molar-refractivity contribution in [3.63, 3.8) is 0 Å². The summed E-state index contributed by atoms with van der Waals surface area (Å²) in [5.41, 5.74) is 5.06. The van der Waals surface area contributed by atoms with Gasteiger partial charge in [0.2, 0.25) is 0 Å². The molecule has 0 aliphatic heterocycles. The maximum atomic E-state index is 5.49. The molecule has 0 radical (unpaired) electrons. The Morgan fingerprint density at radius 2 is 2.36 bits per heavy atom. The Bertz CT molecular complexity index is 332. The van der Waals surface area contributed by atoms with Crippen molar-refractivity contribution in [2.24, 2.45) is 5.84 Å². The average Bonchev–Trinajstić information content (AvgIpc) is 2.15. The molecule has 1 aromatic heterocycles. The van der Waals surface area contributed by atoms with Gasteiger partial charge in [0.25, 0.3) is 0 Å². The highest BCUT2D eigenvalue weighted by atomic mass is 79.9. The van der Waals surface area contributed by atoms with Gasteiger partial charge in [-0.15, -0.1) is 0 Å². The van der Waals surface area contributed by atoms with Crippen LogP contribution in [0.4, 0.5) is 0 Å². The number of hydrazine groups is 1. The van der Waals surface area contributed by atoms with E-state index in [0.717, 1.165) is 10.0 Å². The van der Waals surface area contributed by atoms with Crippen LogP contribution in [0.25, 0.3) is 0 Å². The zero-order chi connectivity index (χ0) is 10.6. The fourth-order valence-electron chi connectivity index (χ4n) is 1.20. The molecular formula is C10H14BrN3. The second kappa shape index (κ2) is 5.24. The minimum atomic E-state index is 0.0253. The number of hydrogen-bond donors (Lipinski definition) is 2. The van der Waals surface area contributed by atoms with Gasteiger partial charge in [-0.3, -0.25) is 10.8 Å². The van der Waals surface area contributed by atoms with E-state index in [9.17, 15) is 0 Å². The van der Waals surface area contributed by atoms with Gasteiger partial charge in [-0.05, 0) is 41.4 Å². The molecule has 4 heteroatoms. The zero-order valence-electron chi connectivity index (χ0n) is 8.29. The largest absolute Gasteiger partial charge is 0.271 e. The van der Waals surface area contributed by atoms with Crippen LogP contribution in [-0.2, 0) is 0 Å². The lowest BCUT2D eigenvalue weighted by atomic mass is 10.1. The molecule has 1 heterocycles. The van der Waals surface area contributed by atoms with Crippen LogP contribution in [0.2, 0.25) is 0 Å². The summed E-state index contributed by atoms with van der Waals surface area (Å²) in [7, 11) is 0. The SMILES string of the molecule is CC(C)=CC(NN)c1ccncc1Br. The minimum Gasteiger partial charge on any atom is -0.271 e. The highest BCUT2D eigenvalue weighted by Gasteiger charge is 2.09. The Hall–Kier alpha value is -0.710. The van der Waals surface area contributed by atoms with Gasteiger partial charge < -0.3 is 0 Å². The second-order valence-electron chi connectivity index (χ2n) is 3.29. The topological polar surface area (TPSA) is 50.9 Å². The smallest absolute Gasteiger partial charge is 0.0655 e. The lowest BCUT2D eigenvalue weighted by Gasteiger charge is -2.13. The maximum absolute atomic E-state index is 5.49. The van der Waals surface area contributed by atoms with E-state index in [1.807, 2.05) is 19.9 Å². The molecule has 1 unspecified atom stereocenters. The number of rotatable bonds is 3. The molecular weight excluding hydrogens is 242 g/mol. The quantitative estimate of drug-likeness (QED) is 0.495. The third-order valence-corrected chi connectivity index (χ3v) is 2.48. The van der Waals surface area contributed by atoms with E-state index in [1.165, 1.54) is 5.57 Å². The average molecular weight is 256 g/mol. The first kappa shape index (κ1) is 11.4. The predicted octanol–water partition coefficient (Wildman–Crippen LogP) is 2.31. The van der Waals surface area contributed by atoms with E-state index >= 15 is 0 Å². The van der Waals surface area contributed by atoms with Gasteiger partial charge in [0, 0.05) is 16.9 Å². The monoisotopic (exact) mass is 255 g/mol. The van der Waals surface area contributed by atoms with Crippen LogP contribution in [0.15, 0.2) is 34.6 Å². The first-order chi connectivity index (χ1) is 6.65. The van der Waals surface area contributed by atoms with Crippen molar-refractivity contribution < 1.29 is 0 Å². The minimum absolute atomic E-state index is 0.0253. The van der Waals surface area contributed by atoms with E-state index in [0.29, 0.717) is 0 Å². The molecule has 1 rings (SSSR count). The van der Waals surface area contributed by atoms with E-state index < -0.39 is 0 Å². The molecule has 0 spiro atoms. The molecule has 76 valence electrons. The fourth-order valence-corrected chi connectivity index (χ4v) is 1.70. The van der Waals surface area contributed by atoms with Crippen LogP contribution in [0.5, 0.6) is 0 Å². The van der Waals surface area contributed by atoms with Crippen LogP contribution in [0, 0.1) is 0 Å². The molecule has 0 aliphatic carbocycles. The van der Waals surface area contributed by atoms with E-state index in [-0.39, 0.29) is 6.04 Å². The number of aromatic nitrogens is 1. The lowest BCUT2D eigenvalue weighted by Crippen LogP contribution is -2.27. The van der Waals surface area contributed by atoms with Crippen LogP contribution >= 0.6 is 15.9 Å². The van der Waals surface area contributed by atoms with Gasteiger partial charge in [0.15, 0.2) is 0 Å². The molecule has 0 aromatic carbocycles. The standard InChI is InChI=1S/C10H14BrN3/c1-7(2)5-10(14-12)8-3-4-13-6-9(8)11/h3-6,10,14H,12H2,1-2H3. The highest BCUT2D eigenvalue weighted by molar-refractivity contribution is 9.10. The summed E-state index contributed by atoms with van der Waals surface area (Å²) in [6, 6.07) is 1.96. The van der Waals surface area contributed by atoms with Gasteiger partial charge in [-0.1, -0.05) is 11.6 Å². The molecule has 0 fully saturated rings. The highest BCUT2D eigenvalue weighted by Crippen LogP contribution is 2.23. The van der Waals surface area contributed by atoms with E-state index in [1.54, 1.807) is 12.4 Å². The number of nitrogens with two attached hydrogens (primary N) is 1. The van der Waals surface area contributed by atoms with Crippen molar-refractivity contribution in [2.75, 3.05) is 0 Å². The number of nitrogens with zero attached hydrogens (tertiary/aromatic N) is 1. The normalized spacial score (nSPS) is 12.3. The number of nitrogens with one attached hydrogen (secondary N) is 1. The van der Waals surface area contributed by atoms with E-state index in [4.69, 9.17) is 5.84 Å². The Morgan fingerprint density at radius 1 is 1.64 bits per heavy atom. The summed E-state index contributed by atoms with van der Waals surface area (Å²) in [6.07, 6.45) is 5.59. The van der Waals surface area contributed by atoms with Gasteiger partial charge in [-0.2, -0.15) is 0 Å². The first-order valence-electron chi connectivity index (χ1n) is 4.35. The Kier molecular flexibility index (Phi) is 4.25. The number of halogens is 1. The van der Waals surface area contributed by atoms with Gasteiger partial charge in [0.1, 0.15) is 0 Å². The Balaban J connectivity index is 3.01. The molecule has 0 bridgehead atoms. The van der Waals surface area contributed by atoms with Crippen molar-refractivity contribution in [1.29, 1.82) is 0 Å². The molecule has 0 saturated carbocycles. The third-order valence-electron chi connectivity index (χ3n) is 1.82. The molecule has 3 N–H and O–H groups in total. The first-order valence-corrected chi connectivity index (χ1v) is 5.15. The van der Waals surface area contributed by atoms with Gasteiger partial charge in [-0.25, -0.2) is 5.43 Å². The third kappa shape index (κ3) is 2.90. The molecule has 14 heavy (non-hydrogen) atoms. The number of allylic oxidation sites excluding steroid dienone is 1. The molecule has 0 saturated heterocycles. The molecule has 1 atom stereocenters. The van der Waals surface area contributed by atoms with Crippen molar-refractivity contribution in [3.8, 4) is 0 Å².